The van der Waals surface area contributed by atoms with Gasteiger partial charge in [0.05, 0.1) is 5.03 Å². The van der Waals surface area contributed by atoms with Crippen molar-refractivity contribution in [2.24, 2.45) is 0 Å². The zero-order chi connectivity index (χ0) is 23.5. The zero-order valence-electron chi connectivity index (χ0n) is 18.4. The fourth-order valence-corrected chi connectivity index (χ4v) is 4.04. The van der Waals surface area contributed by atoms with Crippen LogP contribution in [0.2, 0.25) is 0 Å². The summed E-state index contributed by atoms with van der Waals surface area (Å²) < 4.78 is 5.85. The largest absolute Gasteiger partial charge is 0.490 e. The van der Waals surface area contributed by atoms with E-state index in [0.717, 1.165) is 10.9 Å². The number of allylic oxidation sites excluding steroid dienone is 3. The van der Waals surface area contributed by atoms with E-state index in [4.69, 9.17) is 16.3 Å². The fraction of sp³-hybridized carbons (Fsp3) is 0.231. The molecule has 7 heteroatoms. The number of nitrogens with zero attached hydrogens (tertiary/aromatic N) is 1. The van der Waals surface area contributed by atoms with Crippen LogP contribution in [0.3, 0.4) is 0 Å². The molecule has 0 saturated heterocycles. The van der Waals surface area contributed by atoms with E-state index >= 15 is 0 Å². The molecular weight excluding hydrogens is 440 g/mol. The highest BCUT2D eigenvalue weighted by molar-refractivity contribution is 6.50. The van der Waals surface area contributed by atoms with E-state index in [9.17, 15) is 14.7 Å². The Morgan fingerprint density at radius 2 is 1.79 bits per heavy atom. The summed E-state index contributed by atoms with van der Waals surface area (Å²) in [6.07, 6.45) is 4.30. The van der Waals surface area contributed by atoms with Crippen molar-refractivity contribution in [3.8, 4) is 5.75 Å². The van der Waals surface area contributed by atoms with Crippen molar-refractivity contribution in [2.45, 2.75) is 26.0 Å². The number of nitrogens with one attached hydrogen (secondary N) is 1. The molecule has 33 heavy (non-hydrogen) atoms. The quantitative estimate of drug-likeness (QED) is 0.504. The minimum absolute atomic E-state index is 0.0325. The maximum absolute atomic E-state index is 12.9. The van der Waals surface area contributed by atoms with Crippen LogP contribution in [0.25, 0.3) is 10.9 Å². The first-order chi connectivity index (χ1) is 15.9. The molecule has 0 aliphatic heterocycles. The normalized spacial score (nSPS) is 14.9. The predicted molar refractivity (Wildman–Crippen MR) is 129 cm³/mol. The van der Waals surface area contributed by atoms with E-state index in [1.165, 1.54) is 0 Å². The van der Waals surface area contributed by atoms with Gasteiger partial charge in [-0.05, 0) is 38.1 Å². The van der Waals surface area contributed by atoms with Crippen LogP contribution in [-0.4, -0.2) is 51.9 Å². The summed E-state index contributed by atoms with van der Waals surface area (Å²) >= 11 is 6.25. The van der Waals surface area contributed by atoms with Gasteiger partial charge in [0.2, 0.25) is 5.78 Å². The van der Waals surface area contributed by atoms with Crippen LogP contribution >= 0.6 is 11.6 Å². The third kappa shape index (κ3) is 4.72. The summed E-state index contributed by atoms with van der Waals surface area (Å²) in [5.41, 5.74) is 1.77. The third-order valence-corrected chi connectivity index (χ3v) is 5.98. The van der Waals surface area contributed by atoms with Gasteiger partial charge in [-0.15, -0.1) is 0 Å². The second-order valence-corrected chi connectivity index (χ2v) is 8.58. The number of H-pyrrole nitrogens is 1. The van der Waals surface area contributed by atoms with Gasteiger partial charge in [-0.25, -0.2) is 0 Å². The van der Waals surface area contributed by atoms with E-state index in [2.05, 4.69) is 4.98 Å². The van der Waals surface area contributed by atoms with Crippen LogP contribution in [0.1, 0.15) is 34.6 Å². The Hall–Kier alpha value is -3.35. The number of fused-ring (bicyclic) bond motifs is 2. The monoisotopic (exact) mass is 464 g/mol. The lowest BCUT2D eigenvalue weighted by atomic mass is 9.89. The Kier molecular flexibility index (Phi) is 6.67. The lowest BCUT2D eigenvalue weighted by molar-refractivity contribution is 0.0752. The van der Waals surface area contributed by atoms with E-state index in [1.807, 2.05) is 49.2 Å². The van der Waals surface area contributed by atoms with Crippen molar-refractivity contribution in [3.05, 3.63) is 88.7 Å². The standard InChI is InChI=1S/C26H25ClN2O4/c1-16(2)29(14-17(30)15-33-23-9-5-8-22-20(23)10-12-28-22)13-11-21-24(27)26(32)19-7-4-3-6-18(19)25(21)31/h3-13,16-17,28,30H,14-15H2,1-2H3/b13-11+. The number of hydrogen-bond acceptors (Lipinski definition) is 5. The highest BCUT2D eigenvalue weighted by atomic mass is 35.5. The van der Waals surface area contributed by atoms with Gasteiger partial charge < -0.3 is 19.7 Å². The van der Waals surface area contributed by atoms with Gasteiger partial charge in [0.15, 0.2) is 5.78 Å². The molecule has 1 aliphatic rings. The van der Waals surface area contributed by atoms with E-state index in [1.54, 1.807) is 36.5 Å². The van der Waals surface area contributed by atoms with Gasteiger partial charge in [0, 0.05) is 52.6 Å². The fourth-order valence-electron chi connectivity index (χ4n) is 3.79. The Balaban J connectivity index is 1.45. The second-order valence-electron chi connectivity index (χ2n) is 8.20. The molecule has 0 amide bonds. The van der Waals surface area contributed by atoms with Crippen molar-refractivity contribution < 1.29 is 19.4 Å². The number of rotatable bonds is 8. The molecule has 1 aromatic heterocycles. The summed E-state index contributed by atoms with van der Waals surface area (Å²) in [5.74, 6) is 0.0370. The molecule has 1 unspecified atom stereocenters. The highest BCUT2D eigenvalue weighted by Gasteiger charge is 2.29. The minimum atomic E-state index is -0.778. The maximum Gasteiger partial charge on any atom is 0.205 e. The smallest absolute Gasteiger partial charge is 0.205 e. The second kappa shape index (κ2) is 9.65. The first kappa shape index (κ1) is 22.8. The highest BCUT2D eigenvalue weighted by Crippen LogP contribution is 2.29. The Bertz CT molecular complexity index is 1260. The molecule has 1 atom stereocenters. The molecule has 2 N–H and O–H groups in total. The van der Waals surface area contributed by atoms with Crippen LogP contribution in [0.15, 0.2) is 77.6 Å². The van der Waals surface area contributed by atoms with Gasteiger partial charge in [-0.1, -0.05) is 41.9 Å². The number of aromatic nitrogens is 1. The number of aliphatic hydroxyl groups excluding tert-OH is 1. The van der Waals surface area contributed by atoms with Gasteiger partial charge >= 0.3 is 0 Å². The van der Waals surface area contributed by atoms with Crippen LogP contribution < -0.4 is 4.74 Å². The molecule has 0 spiro atoms. The lowest BCUT2D eigenvalue weighted by Crippen LogP contribution is -2.36. The molecule has 6 nitrogen and oxygen atoms in total. The van der Waals surface area contributed by atoms with Crippen LogP contribution in [-0.2, 0) is 0 Å². The third-order valence-electron chi connectivity index (χ3n) is 5.60. The Morgan fingerprint density at radius 3 is 2.52 bits per heavy atom. The lowest BCUT2D eigenvalue weighted by Gasteiger charge is -2.28. The van der Waals surface area contributed by atoms with Crippen LogP contribution in [0.4, 0.5) is 0 Å². The molecule has 1 aliphatic carbocycles. The number of aromatic amines is 1. The molecule has 4 rings (SSSR count). The van der Waals surface area contributed by atoms with E-state index in [-0.39, 0.29) is 41.4 Å². The van der Waals surface area contributed by atoms with Crippen molar-refractivity contribution in [3.63, 3.8) is 0 Å². The molecule has 1 heterocycles. The predicted octanol–water partition coefficient (Wildman–Crippen LogP) is 4.70. The molecule has 0 saturated carbocycles. The molecule has 3 aromatic rings. The Morgan fingerprint density at radius 1 is 1.06 bits per heavy atom. The first-order valence-electron chi connectivity index (χ1n) is 10.8. The van der Waals surface area contributed by atoms with Gasteiger partial charge in [0.25, 0.3) is 0 Å². The molecule has 0 radical (unpaired) electrons. The average Bonchev–Trinajstić information content (AvgIpc) is 3.30. The van der Waals surface area contributed by atoms with Crippen LogP contribution in [0.5, 0.6) is 5.75 Å². The number of halogens is 1. The van der Waals surface area contributed by atoms with Gasteiger partial charge in [0.1, 0.15) is 18.5 Å². The van der Waals surface area contributed by atoms with Crippen molar-refractivity contribution in [2.75, 3.05) is 13.2 Å². The number of aliphatic hydroxyl groups is 1. The molecule has 0 fully saturated rings. The number of Topliss-reactive ketones (excluding diaryl/α,β-unsaturated/α-hetero) is 2. The average molecular weight is 465 g/mol. The number of carbonyl (C=O) groups excluding carboxylic acids is 2. The molecule has 0 bridgehead atoms. The van der Waals surface area contributed by atoms with Gasteiger partial charge in [-0.2, -0.15) is 0 Å². The molecule has 170 valence electrons. The topological polar surface area (TPSA) is 82.6 Å². The van der Waals surface area contributed by atoms with Gasteiger partial charge in [-0.3, -0.25) is 9.59 Å². The van der Waals surface area contributed by atoms with Crippen molar-refractivity contribution in [1.29, 1.82) is 0 Å². The number of hydrogen-bond donors (Lipinski definition) is 2. The Labute approximate surface area is 197 Å². The number of ketones is 2. The van der Waals surface area contributed by atoms with Crippen molar-refractivity contribution in [1.82, 2.24) is 9.88 Å². The summed E-state index contributed by atoms with van der Waals surface area (Å²) in [4.78, 5) is 30.5. The zero-order valence-corrected chi connectivity index (χ0v) is 19.2. The number of carbonyl (C=O) groups is 2. The molecule has 2 aromatic carbocycles. The van der Waals surface area contributed by atoms with Crippen molar-refractivity contribution >= 4 is 34.1 Å². The molecular formula is C26H25ClN2O4. The SMILES string of the molecule is CC(C)N(/C=C/C1=C(Cl)C(=O)c2ccccc2C1=O)CC(O)COc1cccc2[nH]ccc12. The van der Waals surface area contributed by atoms with Crippen LogP contribution in [0, 0.1) is 0 Å². The van der Waals surface area contributed by atoms with E-state index < -0.39 is 6.10 Å². The summed E-state index contributed by atoms with van der Waals surface area (Å²) in [5, 5.41) is 11.5. The minimum Gasteiger partial charge on any atom is -0.490 e. The van der Waals surface area contributed by atoms with E-state index in [0.29, 0.717) is 16.9 Å². The summed E-state index contributed by atoms with van der Waals surface area (Å²) in [7, 11) is 0. The number of benzene rings is 2. The first-order valence-corrected chi connectivity index (χ1v) is 11.1. The summed E-state index contributed by atoms with van der Waals surface area (Å²) in [6, 6.07) is 14.3. The maximum atomic E-state index is 12.9. The summed E-state index contributed by atoms with van der Waals surface area (Å²) in [6.45, 7) is 4.33. The number of ether oxygens (including phenoxy) is 1.